The quantitative estimate of drug-likeness (QED) is 0.799. The third-order valence-electron chi connectivity index (χ3n) is 4.08. The van der Waals surface area contributed by atoms with Gasteiger partial charge in [-0.25, -0.2) is 9.59 Å². The summed E-state index contributed by atoms with van der Waals surface area (Å²) in [5.41, 5.74) is 1.16. The van der Waals surface area contributed by atoms with Gasteiger partial charge < -0.3 is 24.6 Å². The molecule has 138 valence electrons. The summed E-state index contributed by atoms with van der Waals surface area (Å²) in [4.78, 5) is 27.1. The van der Waals surface area contributed by atoms with Gasteiger partial charge in [-0.2, -0.15) is 0 Å². The molecule has 1 heterocycles. The summed E-state index contributed by atoms with van der Waals surface area (Å²) in [5.74, 6) is 0.863. The van der Waals surface area contributed by atoms with Gasteiger partial charge in [0.2, 0.25) is 0 Å². The van der Waals surface area contributed by atoms with E-state index >= 15 is 0 Å². The van der Waals surface area contributed by atoms with Crippen LogP contribution in [-0.2, 0) is 11.2 Å². The molecule has 1 aromatic carbocycles. The maximum Gasteiger partial charge on any atom is 0.409 e. The largest absolute Gasteiger partial charge is 0.491 e. The molecular formula is C18H27N3O4. The van der Waals surface area contributed by atoms with Crippen molar-refractivity contribution in [1.82, 2.24) is 15.1 Å². The van der Waals surface area contributed by atoms with Gasteiger partial charge in [0.25, 0.3) is 0 Å². The Morgan fingerprint density at radius 1 is 1.08 bits per heavy atom. The molecule has 1 aliphatic heterocycles. The third kappa shape index (κ3) is 5.55. The number of benzene rings is 1. The zero-order chi connectivity index (χ0) is 18.1. The fourth-order valence-electron chi connectivity index (χ4n) is 2.67. The van der Waals surface area contributed by atoms with Crippen LogP contribution in [0.4, 0.5) is 9.59 Å². The molecule has 0 bridgehead atoms. The SMILES string of the molecule is CCOC(=O)N1CCN(C(=O)NCCOc2ccccc2CC)CC1. The van der Waals surface area contributed by atoms with Crippen LogP contribution >= 0.6 is 0 Å². The van der Waals surface area contributed by atoms with Crippen molar-refractivity contribution >= 4 is 12.1 Å². The molecule has 1 N–H and O–H groups in total. The number of nitrogens with zero attached hydrogens (tertiary/aromatic N) is 2. The van der Waals surface area contributed by atoms with Crippen molar-refractivity contribution in [2.24, 2.45) is 0 Å². The molecule has 1 saturated heterocycles. The van der Waals surface area contributed by atoms with Crippen LogP contribution in [0.5, 0.6) is 5.75 Å². The minimum absolute atomic E-state index is 0.129. The van der Waals surface area contributed by atoms with Crippen molar-refractivity contribution in [3.05, 3.63) is 29.8 Å². The average molecular weight is 349 g/mol. The number of carbonyl (C=O) groups excluding carboxylic acids is 2. The number of para-hydroxylation sites is 1. The van der Waals surface area contributed by atoms with E-state index in [2.05, 4.69) is 12.2 Å². The van der Waals surface area contributed by atoms with Gasteiger partial charge in [-0.05, 0) is 25.0 Å². The molecule has 7 nitrogen and oxygen atoms in total. The standard InChI is InChI=1S/C18H27N3O4/c1-3-15-7-5-6-8-16(15)25-14-9-19-17(22)20-10-12-21(13-11-20)18(23)24-4-2/h5-8H,3-4,9-14H2,1-2H3,(H,19,22). The molecule has 0 radical (unpaired) electrons. The smallest absolute Gasteiger partial charge is 0.409 e. The third-order valence-corrected chi connectivity index (χ3v) is 4.08. The van der Waals surface area contributed by atoms with E-state index in [1.165, 1.54) is 0 Å². The molecule has 3 amide bonds. The van der Waals surface area contributed by atoms with Crippen LogP contribution in [-0.4, -0.2) is 67.9 Å². The summed E-state index contributed by atoms with van der Waals surface area (Å²) >= 11 is 0. The number of urea groups is 1. The summed E-state index contributed by atoms with van der Waals surface area (Å²) in [6.45, 7) is 7.08. The maximum atomic E-state index is 12.2. The predicted molar refractivity (Wildman–Crippen MR) is 94.9 cm³/mol. The van der Waals surface area contributed by atoms with Crippen LogP contribution in [0.1, 0.15) is 19.4 Å². The zero-order valence-corrected chi connectivity index (χ0v) is 15.0. The molecule has 2 rings (SSSR count). The van der Waals surface area contributed by atoms with Crippen LogP contribution in [0.2, 0.25) is 0 Å². The molecule has 0 aliphatic carbocycles. The van der Waals surface area contributed by atoms with E-state index in [0.29, 0.717) is 45.9 Å². The first-order valence-electron chi connectivity index (χ1n) is 8.80. The Hall–Kier alpha value is -2.44. The second kappa shape index (κ2) is 9.76. The van der Waals surface area contributed by atoms with Gasteiger partial charge in [0, 0.05) is 26.2 Å². The normalized spacial score (nSPS) is 14.2. The highest BCUT2D eigenvalue weighted by Gasteiger charge is 2.24. The highest BCUT2D eigenvalue weighted by Crippen LogP contribution is 2.17. The van der Waals surface area contributed by atoms with Crippen molar-refractivity contribution in [3.8, 4) is 5.75 Å². The predicted octanol–water partition coefficient (Wildman–Crippen LogP) is 2.11. The fourth-order valence-corrected chi connectivity index (χ4v) is 2.67. The fraction of sp³-hybridized carbons (Fsp3) is 0.556. The summed E-state index contributed by atoms with van der Waals surface area (Å²) < 4.78 is 10.7. The summed E-state index contributed by atoms with van der Waals surface area (Å²) in [7, 11) is 0. The first kappa shape index (κ1) is 18.9. The van der Waals surface area contributed by atoms with Crippen molar-refractivity contribution < 1.29 is 19.1 Å². The van der Waals surface area contributed by atoms with Crippen molar-refractivity contribution in [3.63, 3.8) is 0 Å². The summed E-state index contributed by atoms with van der Waals surface area (Å²) in [6, 6.07) is 7.78. The number of hydrogen-bond donors (Lipinski definition) is 1. The first-order chi connectivity index (χ1) is 12.2. The van der Waals surface area contributed by atoms with Crippen molar-refractivity contribution in [1.29, 1.82) is 0 Å². The lowest BCUT2D eigenvalue weighted by Gasteiger charge is -2.34. The number of piperazine rings is 1. The molecule has 0 spiro atoms. The van der Waals surface area contributed by atoms with Crippen molar-refractivity contribution in [2.45, 2.75) is 20.3 Å². The Balaban J connectivity index is 1.67. The molecule has 7 heteroatoms. The lowest BCUT2D eigenvalue weighted by molar-refractivity contribution is 0.0851. The Morgan fingerprint density at radius 2 is 1.76 bits per heavy atom. The second-order valence-corrected chi connectivity index (χ2v) is 5.71. The Morgan fingerprint density at radius 3 is 2.44 bits per heavy atom. The molecule has 1 aromatic rings. The van der Waals surface area contributed by atoms with Gasteiger partial charge in [-0.1, -0.05) is 25.1 Å². The topological polar surface area (TPSA) is 71.1 Å². The van der Waals surface area contributed by atoms with Gasteiger partial charge in [0.1, 0.15) is 12.4 Å². The Bertz CT molecular complexity index is 571. The molecule has 0 aromatic heterocycles. The van der Waals surface area contributed by atoms with E-state index in [-0.39, 0.29) is 12.1 Å². The maximum absolute atomic E-state index is 12.2. The van der Waals surface area contributed by atoms with E-state index in [4.69, 9.17) is 9.47 Å². The zero-order valence-electron chi connectivity index (χ0n) is 15.0. The lowest BCUT2D eigenvalue weighted by Crippen LogP contribution is -2.53. The lowest BCUT2D eigenvalue weighted by atomic mass is 10.1. The number of ether oxygens (including phenoxy) is 2. The minimum Gasteiger partial charge on any atom is -0.491 e. The molecule has 1 aliphatic rings. The molecule has 1 fully saturated rings. The number of carbonyl (C=O) groups is 2. The highest BCUT2D eigenvalue weighted by atomic mass is 16.6. The van der Waals surface area contributed by atoms with E-state index in [1.807, 2.05) is 24.3 Å². The highest BCUT2D eigenvalue weighted by molar-refractivity contribution is 5.75. The van der Waals surface area contributed by atoms with Gasteiger partial charge in [-0.15, -0.1) is 0 Å². The number of nitrogens with one attached hydrogen (secondary N) is 1. The van der Waals surface area contributed by atoms with Crippen molar-refractivity contribution in [2.75, 3.05) is 45.9 Å². The van der Waals surface area contributed by atoms with E-state index in [1.54, 1.807) is 16.7 Å². The van der Waals surface area contributed by atoms with E-state index in [9.17, 15) is 9.59 Å². The molecular weight excluding hydrogens is 322 g/mol. The number of amides is 3. The van der Waals surface area contributed by atoms with Crippen LogP contribution in [0.25, 0.3) is 0 Å². The van der Waals surface area contributed by atoms with Gasteiger partial charge >= 0.3 is 12.1 Å². The first-order valence-corrected chi connectivity index (χ1v) is 8.80. The molecule has 0 atom stereocenters. The van der Waals surface area contributed by atoms with Gasteiger partial charge in [0.05, 0.1) is 13.2 Å². The van der Waals surface area contributed by atoms with Gasteiger partial charge in [0.15, 0.2) is 0 Å². The van der Waals surface area contributed by atoms with Crippen LogP contribution in [0.3, 0.4) is 0 Å². The summed E-state index contributed by atoms with van der Waals surface area (Å²) in [6.07, 6.45) is 0.596. The molecule has 0 saturated carbocycles. The van der Waals surface area contributed by atoms with E-state index in [0.717, 1.165) is 17.7 Å². The molecule has 25 heavy (non-hydrogen) atoms. The van der Waals surface area contributed by atoms with Gasteiger partial charge in [-0.3, -0.25) is 0 Å². The number of rotatable bonds is 6. The number of hydrogen-bond acceptors (Lipinski definition) is 4. The van der Waals surface area contributed by atoms with E-state index < -0.39 is 0 Å². The van der Waals surface area contributed by atoms with Crippen LogP contribution in [0, 0.1) is 0 Å². The molecule has 0 unspecified atom stereocenters. The summed E-state index contributed by atoms with van der Waals surface area (Å²) in [5, 5.41) is 2.86. The number of aryl methyl sites for hydroxylation is 1. The average Bonchev–Trinajstić information content (AvgIpc) is 2.65. The second-order valence-electron chi connectivity index (χ2n) is 5.71. The Kier molecular flexibility index (Phi) is 7.37. The monoisotopic (exact) mass is 349 g/mol. The minimum atomic E-state index is -0.314. The Labute approximate surface area is 148 Å². The van der Waals surface area contributed by atoms with Crippen LogP contribution < -0.4 is 10.1 Å². The van der Waals surface area contributed by atoms with Crippen LogP contribution in [0.15, 0.2) is 24.3 Å².